The molecule has 4 unspecified atom stereocenters. The second-order valence-corrected chi connectivity index (χ2v) is 45.0. The van der Waals surface area contributed by atoms with Gasteiger partial charge in [0.2, 0.25) is 5.91 Å². The lowest BCUT2D eigenvalue weighted by molar-refractivity contribution is -0.162. The van der Waals surface area contributed by atoms with Crippen molar-refractivity contribution in [3.63, 3.8) is 0 Å². The minimum absolute atomic E-state index is 0. The summed E-state index contributed by atoms with van der Waals surface area (Å²) in [6.45, 7) is 110. The molecule has 5 aliphatic rings. The molecule has 1 saturated carbocycles. The molecule has 128 heavy (non-hydrogen) atoms. The molecule has 4 saturated heterocycles. The number of hydroxylamine groups is 2. The zero-order valence-electron chi connectivity index (χ0n) is 95.0. The van der Waals surface area contributed by atoms with E-state index in [1.165, 1.54) is 132 Å². The van der Waals surface area contributed by atoms with Crippen LogP contribution in [0, 0.1) is 143 Å². The standard InChI is InChI=1S/C10H14.2C8H18O.2C7H15N.2C7H14O.C7H10S.3C7H16.C6H12.C6H14.C5H11NO2.2C5H12O.C5H10O.CH4/c1-8(2)10-6-4-5-9(3)7-10;2*1-6(2)8(5-9)7(3)4;5*1-6(2)7-4-3-5-8-7;2*1-5-7(4)6(2)3;1-4-5-6-7(2)3;1-5(2)6-3-4-6;1-5(2)6(3)4;1-4(2)5(7)6(3)8;3*1-4(2)5(3)6;/h4-8H,1-3H3;2*6-9H,5H2,1-4H3;2*6-8H,3-5H2,1-2H3;2*6-7H,3-5H2,1-2H3;3-6H,1-2H3;2*6-7H,5H2,1-4H3;7H,4-6H2,1-3H3;5-6H,3-4H2,1-2H3;5-6H,1-4H3;4,8H,1-3H3;2*4-6H,1-3H3;4H,1-3H3;1H4/t;;;4*7-;;;;;;;;;;;/m...1010.........../s1. The van der Waals surface area contributed by atoms with Crippen molar-refractivity contribution in [2.45, 2.75) is 491 Å². The molecule has 5 fully saturated rings. The van der Waals surface area contributed by atoms with Gasteiger partial charge in [0.25, 0.3) is 0 Å². The highest BCUT2D eigenvalue weighted by Crippen LogP contribution is 2.36. The molecule has 0 spiro atoms. The van der Waals surface area contributed by atoms with Gasteiger partial charge in [0, 0.05) is 62.3 Å². The Labute approximate surface area is 810 Å². The van der Waals surface area contributed by atoms with Gasteiger partial charge in [0.15, 0.2) is 0 Å². The summed E-state index contributed by atoms with van der Waals surface area (Å²) in [5.74, 6) is 17.0. The quantitative estimate of drug-likeness (QED) is 0.0371. The number of aliphatic hydroxyl groups excluding tert-OH is 4. The maximum atomic E-state index is 10.5. The van der Waals surface area contributed by atoms with Gasteiger partial charge in [0.05, 0.1) is 24.4 Å². The van der Waals surface area contributed by atoms with E-state index in [0.717, 1.165) is 102 Å². The van der Waals surface area contributed by atoms with Gasteiger partial charge in [0.1, 0.15) is 5.78 Å². The van der Waals surface area contributed by atoms with Crippen molar-refractivity contribution in [1.82, 2.24) is 15.7 Å². The predicted octanol–water partition coefficient (Wildman–Crippen LogP) is 33.2. The molecule has 0 bridgehead atoms. The average molecular weight is 1840 g/mol. The molecule has 7 rings (SSSR count). The van der Waals surface area contributed by atoms with Gasteiger partial charge in [-0.2, -0.15) is 0 Å². The predicted molar refractivity (Wildman–Crippen MR) is 578 cm³/mol. The molecule has 776 valence electrons. The van der Waals surface area contributed by atoms with Crippen molar-refractivity contribution in [1.29, 1.82) is 0 Å². The monoisotopic (exact) mass is 1840 g/mol. The Morgan fingerprint density at radius 1 is 0.445 bits per heavy atom. The van der Waals surface area contributed by atoms with E-state index >= 15 is 0 Å². The number of hydrogen-bond acceptors (Lipinski definition) is 12. The number of carbonyl (C=O) groups is 2. The number of amides is 1. The van der Waals surface area contributed by atoms with E-state index < -0.39 is 0 Å². The van der Waals surface area contributed by atoms with Crippen LogP contribution in [0.2, 0.25) is 0 Å². The highest BCUT2D eigenvalue weighted by Gasteiger charge is 2.25. The van der Waals surface area contributed by atoms with Crippen molar-refractivity contribution in [2.24, 2.45) is 136 Å². The van der Waals surface area contributed by atoms with Crippen molar-refractivity contribution in [2.75, 3.05) is 46.6 Å². The maximum Gasteiger partial charge on any atom is 0.248 e. The first kappa shape index (κ1) is 149. The first-order valence-electron chi connectivity index (χ1n) is 52.3. The summed E-state index contributed by atoms with van der Waals surface area (Å²) in [6.07, 6.45) is 21.2. The van der Waals surface area contributed by atoms with Gasteiger partial charge in [-0.05, 0) is 258 Å². The van der Waals surface area contributed by atoms with Crippen LogP contribution in [0.25, 0.3) is 0 Å². The fourth-order valence-electron chi connectivity index (χ4n) is 11.5. The van der Waals surface area contributed by atoms with Crippen molar-refractivity contribution in [3.8, 4) is 0 Å². The molecule has 1 aromatic carbocycles. The van der Waals surface area contributed by atoms with E-state index in [9.17, 15) is 9.59 Å². The number of thiophene rings is 1. The summed E-state index contributed by atoms with van der Waals surface area (Å²) in [4.78, 5) is 22.1. The third-order valence-electron chi connectivity index (χ3n) is 25.0. The van der Waals surface area contributed by atoms with Crippen LogP contribution in [0.5, 0.6) is 0 Å². The van der Waals surface area contributed by atoms with Crippen molar-refractivity contribution < 1.29 is 44.7 Å². The van der Waals surface area contributed by atoms with E-state index in [-0.39, 0.29) is 43.2 Å². The summed E-state index contributed by atoms with van der Waals surface area (Å²) in [5, 5.41) is 53.1. The largest absolute Gasteiger partial charge is 0.396 e. The summed E-state index contributed by atoms with van der Waals surface area (Å²) in [7, 11) is 1.32. The number of ether oxygens (including phenoxy) is 2. The summed E-state index contributed by atoms with van der Waals surface area (Å²) < 4.78 is 10.8. The van der Waals surface area contributed by atoms with Crippen molar-refractivity contribution >= 4 is 23.0 Å². The molecule has 7 N–H and O–H groups in total. The number of nitrogens with one attached hydrogen (secondary N) is 2. The molecular weight excluding hydrogens is 1600 g/mol. The second-order valence-electron chi connectivity index (χ2n) is 44.0. The molecule has 2 aromatic rings. The second kappa shape index (κ2) is 95.0. The van der Waals surface area contributed by atoms with Crippen LogP contribution >= 0.6 is 11.3 Å². The molecule has 4 aliphatic heterocycles. The average Bonchev–Trinajstić information content (AvgIpc) is 1.63. The number of aryl methyl sites for hydroxylation is 1. The van der Waals surface area contributed by atoms with Gasteiger partial charge in [-0.15, -0.1) is 11.3 Å². The zero-order valence-corrected chi connectivity index (χ0v) is 95.8. The molecule has 12 nitrogen and oxygen atoms in total. The lowest BCUT2D eigenvalue weighted by Gasteiger charge is -2.21. The third-order valence-corrected chi connectivity index (χ3v) is 26.2. The normalized spacial score (nSPS) is 16.8. The Morgan fingerprint density at radius 3 is 0.875 bits per heavy atom. The van der Waals surface area contributed by atoms with Gasteiger partial charge >= 0.3 is 0 Å². The number of rotatable bonds is 25. The lowest BCUT2D eigenvalue weighted by atomic mass is 9.86. The Bertz CT molecular complexity index is 2290. The Hall–Kier alpha value is -2.30. The summed E-state index contributed by atoms with van der Waals surface area (Å²) in [6, 6.07) is 14.6. The van der Waals surface area contributed by atoms with E-state index in [1.807, 2.05) is 52.9 Å². The van der Waals surface area contributed by atoms with Crippen LogP contribution in [-0.2, 0) is 19.1 Å². The fourth-order valence-corrected chi connectivity index (χ4v) is 12.3. The molecule has 1 aromatic heterocycles. The fraction of sp³-hybridized carbons (Fsp3) is 0.896. The molecule has 5 heterocycles. The number of hydrogen-bond donors (Lipinski definition) is 7. The number of Topliss-reactive ketones (excluding diaryl/α,β-unsaturated/α-hetero) is 1. The molecule has 13 heteroatoms. The number of unbranched alkanes of at least 4 members (excludes halogenated alkanes) is 1. The van der Waals surface area contributed by atoms with E-state index in [4.69, 9.17) is 35.1 Å². The summed E-state index contributed by atoms with van der Waals surface area (Å²) in [5.41, 5.74) is 2.78. The Kier molecular flexibility index (Phi) is 110. The lowest BCUT2D eigenvalue weighted by Crippen LogP contribution is -2.26. The Balaban J connectivity index is -0.000000126. The van der Waals surface area contributed by atoms with Crippen molar-refractivity contribution in [3.05, 3.63) is 57.8 Å². The minimum Gasteiger partial charge on any atom is -0.396 e. The molecular formula is C115H241N3O9S. The maximum absolute atomic E-state index is 10.5. The smallest absolute Gasteiger partial charge is 0.248 e. The number of ketones is 1. The molecule has 8 atom stereocenters. The first-order valence-corrected chi connectivity index (χ1v) is 53.2. The number of carbonyl (C=O) groups excluding carboxylic acids is 2. The third kappa shape index (κ3) is 104. The zero-order chi connectivity index (χ0) is 102. The highest BCUT2D eigenvalue weighted by molar-refractivity contribution is 7.10. The Morgan fingerprint density at radius 2 is 0.789 bits per heavy atom. The SMILES string of the molecule is C.CC(=O)C(C)C.CC(C)C(=O)N(C)O.CC(C)C(C)C.CC(C)C(C)O.CC(C)C(C)O.CC(C)C(CO)C(C)C.CC(C)C(CO)C(C)C.CC(C)C1CC1.CC(C)[C@@H]1CCCN1.CC(C)[C@@H]1CCCO1.CC(C)[C@H]1CCCN1.CC(C)[C@H]1CCCO1.CC(C)c1cccs1.CCC(C)C(C)C.CCC(C)C(C)C.CCCCC(C)C.Cc1cccc(C(C)C)c1. The van der Waals surface area contributed by atoms with Crippen LogP contribution in [0.1, 0.15) is 464 Å². The number of nitrogens with zero attached hydrogens (tertiary/aromatic N) is 1. The number of aliphatic hydroxyl groups is 4. The summed E-state index contributed by atoms with van der Waals surface area (Å²) >= 11 is 1.83. The molecule has 0 radical (unpaired) electrons. The van der Waals surface area contributed by atoms with Crippen LogP contribution in [0.4, 0.5) is 0 Å². The van der Waals surface area contributed by atoms with Crippen LogP contribution in [0.15, 0.2) is 41.8 Å². The van der Waals surface area contributed by atoms with Gasteiger partial charge in [-0.25, -0.2) is 5.06 Å². The van der Waals surface area contributed by atoms with E-state index in [2.05, 4.69) is 316 Å². The number of benzene rings is 1. The first-order chi connectivity index (χ1) is 58.5. The van der Waals surface area contributed by atoms with Crippen LogP contribution < -0.4 is 10.6 Å². The van der Waals surface area contributed by atoms with Crippen LogP contribution in [-0.4, -0.2) is 125 Å². The van der Waals surface area contributed by atoms with E-state index in [1.54, 1.807) is 34.6 Å². The van der Waals surface area contributed by atoms with Gasteiger partial charge < -0.3 is 40.5 Å². The molecule has 1 amide bonds. The van der Waals surface area contributed by atoms with E-state index in [0.29, 0.717) is 89.7 Å². The molecule has 1 aliphatic carbocycles. The van der Waals surface area contributed by atoms with Crippen LogP contribution in [0.3, 0.4) is 0 Å². The van der Waals surface area contributed by atoms with Gasteiger partial charge in [-0.3, -0.25) is 14.8 Å². The minimum atomic E-state index is -0.259. The highest BCUT2D eigenvalue weighted by atomic mass is 32.1. The van der Waals surface area contributed by atoms with Gasteiger partial charge in [-0.1, -0.05) is 387 Å². The topological polar surface area (TPSA) is 181 Å².